The standard InChI is InChI=1S/C24BF20.C6H15N/c26-5-1(6(27)14(35)21(42)13(5)34)25(2-7(28)15(36)22(43)16(37)8(2)29,3-9(30)17(38)23(44)18(39)10(3)31)4-11(32)19(40)24(45)20(41)12(4)33;1-5-6(2,3)7-4/h;7H,5H2,1-4H3/q-1;/p+1. The molecule has 0 heterocycles. The molecule has 1 nitrogen and oxygen atoms in total. The molecule has 52 heavy (non-hydrogen) atoms. The lowest BCUT2D eigenvalue weighted by atomic mass is 9.12. The highest BCUT2D eigenvalue weighted by molar-refractivity contribution is 7.20. The highest BCUT2D eigenvalue weighted by Gasteiger charge is 2.52. The zero-order chi connectivity index (χ0) is 40.3. The van der Waals surface area contributed by atoms with Gasteiger partial charge in [-0.15, -0.1) is 21.9 Å². The number of quaternary nitrogens is 1. The van der Waals surface area contributed by atoms with E-state index in [0.717, 1.165) is 0 Å². The van der Waals surface area contributed by atoms with Crippen molar-refractivity contribution in [2.45, 2.75) is 32.7 Å². The molecule has 0 spiro atoms. The fourth-order valence-electron chi connectivity index (χ4n) is 5.08. The summed E-state index contributed by atoms with van der Waals surface area (Å²) in [6.07, 6.45) is -5.98. The Kier molecular flexibility index (Phi) is 11.7. The van der Waals surface area contributed by atoms with Gasteiger partial charge in [-0.2, -0.15) is 0 Å². The molecule has 4 aromatic carbocycles. The molecule has 0 aliphatic rings. The van der Waals surface area contributed by atoms with Gasteiger partial charge in [-0.3, -0.25) is 0 Å². The second-order valence-corrected chi connectivity index (χ2v) is 11.4. The van der Waals surface area contributed by atoms with Crippen LogP contribution < -0.4 is 27.2 Å². The molecule has 4 rings (SSSR count). The van der Waals surface area contributed by atoms with Crippen molar-refractivity contribution in [1.82, 2.24) is 0 Å². The number of nitrogens with two attached hydrogens (primary N) is 1. The van der Waals surface area contributed by atoms with E-state index in [1.54, 1.807) is 0 Å². The van der Waals surface area contributed by atoms with E-state index in [1.807, 2.05) is 0 Å². The summed E-state index contributed by atoms with van der Waals surface area (Å²) in [4.78, 5) is 0. The minimum absolute atomic E-state index is 0.458. The fourth-order valence-corrected chi connectivity index (χ4v) is 5.08. The van der Waals surface area contributed by atoms with Crippen LogP contribution in [-0.4, -0.2) is 18.7 Å². The minimum atomic E-state index is -7.22. The van der Waals surface area contributed by atoms with Crippen LogP contribution in [-0.2, 0) is 0 Å². The van der Waals surface area contributed by atoms with Crippen molar-refractivity contribution >= 4 is 28.0 Å². The molecular formula is C30H16BF20N. The summed E-state index contributed by atoms with van der Waals surface area (Å²) in [7, 11) is 2.11. The van der Waals surface area contributed by atoms with Gasteiger partial charge in [-0.05, 0) is 20.3 Å². The smallest absolute Gasteiger partial charge is 0.200 e. The molecular weight excluding hydrogens is 765 g/mol. The van der Waals surface area contributed by atoms with Gasteiger partial charge in [-0.1, -0.05) is 6.92 Å². The Bertz CT molecular complexity index is 1710. The molecule has 0 unspecified atom stereocenters. The van der Waals surface area contributed by atoms with Gasteiger partial charge in [0.05, 0.1) is 12.6 Å². The van der Waals surface area contributed by atoms with Crippen LogP contribution in [0.2, 0.25) is 0 Å². The molecule has 4 aromatic rings. The van der Waals surface area contributed by atoms with Crippen LogP contribution >= 0.6 is 0 Å². The van der Waals surface area contributed by atoms with Crippen molar-refractivity contribution in [1.29, 1.82) is 0 Å². The van der Waals surface area contributed by atoms with Crippen LogP contribution in [0.4, 0.5) is 87.8 Å². The van der Waals surface area contributed by atoms with Crippen molar-refractivity contribution < 1.29 is 93.1 Å². The fraction of sp³-hybridized carbons (Fsp3) is 0.200. The van der Waals surface area contributed by atoms with E-state index in [9.17, 15) is 52.7 Å². The third-order valence-corrected chi connectivity index (χ3v) is 8.40. The number of halogens is 20. The molecule has 0 atom stereocenters. The van der Waals surface area contributed by atoms with Crippen LogP contribution in [0, 0.1) is 116 Å². The third-order valence-electron chi connectivity index (χ3n) is 8.40. The normalized spacial score (nSPS) is 12.0. The molecule has 2 N–H and O–H groups in total. The van der Waals surface area contributed by atoms with Crippen molar-refractivity contribution in [2.24, 2.45) is 0 Å². The van der Waals surface area contributed by atoms with Crippen LogP contribution in [0.15, 0.2) is 0 Å². The second kappa shape index (κ2) is 14.5. The Morgan fingerprint density at radius 3 is 0.558 bits per heavy atom. The van der Waals surface area contributed by atoms with Gasteiger partial charge in [0.15, 0.2) is 69.8 Å². The van der Waals surface area contributed by atoms with E-state index in [-0.39, 0.29) is 0 Å². The van der Waals surface area contributed by atoms with Gasteiger partial charge in [0.25, 0.3) is 0 Å². The van der Waals surface area contributed by atoms with E-state index < -0.39 is 144 Å². The Labute approximate surface area is 277 Å². The first-order chi connectivity index (χ1) is 23.8. The van der Waals surface area contributed by atoms with Crippen LogP contribution in [0.25, 0.3) is 0 Å². The largest absolute Gasteiger partial charge is 0.344 e. The second-order valence-electron chi connectivity index (χ2n) is 11.4. The molecule has 284 valence electrons. The Morgan fingerprint density at radius 1 is 0.327 bits per heavy atom. The summed E-state index contributed by atoms with van der Waals surface area (Å²) < 4.78 is 294. The van der Waals surface area contributed by atoms with E-state index in [1.165, 1.54) is 6.42 Å². The van der Waals surface area contributed by atoms with Gasteiger partial charge in [-0.25, -0.2) is 87.8 Å². The van der Waals surface area contributed by atoms with Gasteiger partial charge in [0, 0.05) is 0 Å². The first kappa shape index (κ1) is 41.9. The van der Waals surface area contributed by atoms with Crippen molar-refractivity contribution in [3.63, 3.8) is 0 Å². The molecule has 0 saturated heterocycles. The molecule has 0 bridgehead atoms. The predicted molar refractivity (Wildman–Crippen MR) is 141 cm³/mol. The number of rotatable bonds is 6. The predicted octanol–water partition coefficient (Wildman–Crippen LogP) is 6.21. The van der Waals surface area contributed by atoms with E-state index in [4.69, 9.17) is 0 Å². The maximum Gasteiger partial charge on any atom is 0.200 e. The maximum atomic E-state index is 15.4. The molecule has 0 amide bonds. The average molecular weight is 781 g/mol. The number of hydrogen-bond acceptors (Lipinski definition) is 0. The zero-order valence-corrected chi connectivity index (χ0v) is 25.9. The van der Waals surface area contributed by atoms with Gasteiger partial charge >= 0.3 is 0 Å². The topological polar surface area (TPSA) is 16.6 Å². The van der Waals surface area contributed by atoms with Crippen molar-refractivity contribution in [2.75, 3.05) is 7.05 Å². The SMILES string of the molecule is CCC(C)(C)[NH2+]C.Fc1c(F)c(F)c([B-](c2c(F)c(F)c(F)c(F)c2F)(c2c(F)c(F)c(F)c(F)c2F)c2c(F)c(F)c(F)c(F)c2F)c(F)c1F. The van der Waals surface area contributed by atoms with E-state index in [2.05, 4.69) is 33.1 Å². The molecule has 0 aromatic heterocycles. The first-order valence-corrected chi connectivity index (χ1v) is 13.9. The third kappa shape index (κ3) is 6.11. The van der Waals surface area contributed by atoms with Crippen LogP contribution in [0.5, 0.6) is 0 Å². The Morgan fingerprint density at radius 2 is 0.462 bits per heavy atom. The molecule has 0 aliphatic carbocycles. The number of benzene rings is 4. The zero-order valence-electron chi connectivity index (χ0n) is 25.9. The Balaban J connectivity index is 0.000000944. The summed E-state index contributed by atoms with van der Waals surface area (Å²) in [5.41, 5.74) is -13.9. The molecule has 0 aliphatic heterocycles. The maximum absolute atomic E-state index is 15.4. The minimum Gasteiger partial charge on any atom is -0.344 e. The van der Waals surface area contributed by atoms with Crippen molar-refractivity contribution in [3.05, 3.63) is 116 Å². The number of hydrogen-bond donors (Lipinski definition) is 1. The lowest BCUT2D eigenvalue weighted by Gasteiger charge is -2.44. The summed E-state index contributed by atoms with van der Waals surface area (Å²) in [6.45, 7) is 6.69. The molecule has 0 saturated carbocycles. The Hall–Kier alpha value is -4.50. The summed E-state index contributed by atoms with van der Waals surface area (Å²) in [6, 6.07) is 0. The van der Waals surface area contributed by atoms with Crippen LogP contribution in [0.3, 0.4) is 0 Å². The monoisotopic (exact) mass is 781 g/mol. The van der Waals surface area contributed by atoms with Crippen molar-refractivity contribution in [3.8, 4) is 0 Å². The quantitative estimate of drug-likeness (QED) is 0.104. The summed E-state index contributed by atoms with van der Waals surface area (Å²) >= 11 is 0. The van der Waals surface area contributed by atoms with E-state index >= 15 is 35.1 Å². The first-order valence-electron chi connectivity index (χ1n) is 13.9. The summed E-state index contributed by atoms with van der Waals surface area (Å²) in [5, 5.41) is 2.24. The molecule has 0 radical (unpaired) electrons. The van der Waals surface area contributed by atoms with E-state index in [0.29, 0.717) is 5.54 Å². The lowest BCUT2D eigenvalue weighted by Crippen LogP contribution is -2.91. The van der Waals surface area contributed by atoms with Gasteiger partial charge < -0.3 is 5.32 Å². The van der Waals surface area contributed by atoms with Gasteiger partial charge in [0.2, 0.25) is 0 Å². The van der Waals surface area contributed by atoms with Crippen LogP contribution in [0.1, 0.15) is 27.2 Å². The molecule has 22 heteroatoms. The average Bonchev–Trinajstić information content (AvgIpc) is 3.11. The van der Waals surface area contributed by atoms with Gasteiger partial charge in [0.1, 0.15) is 52.7 Å². The molecule has 0 fully saturated rings. The lowest BCUT2D eigenvalue weighted by molar-refractivity contribution is -0.696. The highest BCUT2D eigenvalue weighted by Crippen LogP contribution is 2.30. The summed E-state index contributed by atoms with van der Waals surface area (Å²) in [5.74, 6) is -71.4. The highest BCUT2D eigenvalue weighted by atomic mass is 19.2.